The third kappa shape index (κ3) is 3.01. The van der Waals surface area contributed by atoms with Crippen molar-refractivity contribution in [3.05, 3.63) is 47.1 Å². The lowest BCUT2D eigenvalue weighted by Gasteiger charge is -2.02. The zero-order valence-electron chi connectivity index (χ0n) is 11.2. The molecule has 4 heteroatoms. The zero-order valence-corrected chi connectivity index (χ0v) is 11.2. The molecular formula is C15H19N3O. The van der Waals surface area contributed by atoms with Gasteiger partial charge in [0.1, 0.15) is 0 Å². The molecule has 2 aromatic rings. The van der Waals surface area contributed by atoms with Crippen LogP contribution in [0.2, 0.25) is 0 Å². The van der Waals surface area contributed by atoms with Crippen molar-refractivity contribution in [2.45, 2.75) is 26.2 Å². The van der Waals surface area contributed by atoms with Crippen LogP contribution in [0.3, 0.4) is 0 Å². The molecule has 1 N–H and O–H groups in total. The maximum Gasteiger partial charge on any atom is 0.226 e. The summed E-state index contributed by atoms with van der Waals surface area (Å²) in [5.41, 5.74) is 2.53. The number of nitrogens with zero attached hydrogens (tertiary/aromatic N) is 2. The maximum absolute atomic E-state index is 5.35. The first-order valence-electron chi connectivity index (χ1n) is 6.88. The second-order valence-electron chi connectivity index (χ2n) is 5.27. The van der Waals surface area contributed by atoms with Crippen LogP contribution in [0.15, 0.2) is 28.8 Å². The molecule has 1 aliphatic heterocycles. The summed E-state index contributed by atoms with van der Waals surface area (Å²) in [4.78, 5) is 4.50. The first-order chi connectivity index (χ1) is 9.31. The Labute approximate surface area is 113 Å². The summed E-state index contributed by atoms with van der Waals surface area (Å²) >= 11 is 0. The molecule has 1 saturated heterocycles. The maximum atomic E-state index is 5.35. The van der Waals surface area contributed by atoms with E-state index in [0.29, 0.717) is 5.92 Å². The van der Waals surface area contributed by atoms with Gasteiger partial charge >= 0.3 is 0 Å². The van der Waals surface area contributed by atoms with Gasteiger partial charge in [-0.05, 0) is 43.5 Å². The van der Waals surface area contributed by atoms with E-state index in [0.717, 1.165) is 37.6 Å². The Morgan fingerprint density at radius 2 is 2.26 bits per heavy atom. The van der Waals surface area contributed by atoms with E-state index in [-0.39, 0.29) is 0 Å². The van der Waals surface area contributed by atoms with Crippen LogP contribution in [0.5, 0.6) is 0 Å². The van der Waals surface area contributed by atoms with Gasteiger partial charge < -0.3 is 9.84 Å². The first-order valence-corrected chi connectivity index (χ1v) is 6.88. The predicted molar refractivity (Wildman–Crippen MR) is 73.0 cm³/mol. The average molecular weight is 257 g/mol. The summed E-state index contributed by atoms with van der Waals surface area (Å²) in [6, 6.07) is 8.33. The van der Waals surface area contributed by atoms with E-state index in [1.165, 1.54) is 17.5 Å². The second kappa shape index (κ2) is 5.53. The molecule has 1 aromatic carbocycles. The Morgan fingerprint density at radius 3 is 3.05 bits per heavy atom. The molecule has 1 aromatic heterocycles. The molecule has 0 bridgehead atoms. The van der Waals surface area contributed by atoms with Crippen molar-refractivity contribution in [2.24, 2.45) is 5.92 Å². The van der Waals surface area contributed by atoms with Crippen LogP contribution >= 0.6 is 0 Å². The van der Waals surface area contributed by atoms with Crippen molar-refractivity contribution in [3.63, 3.8) is 0 Å². The summed E-state index contributed by atoms with van der Waals surface area (Å²) in [5, 5.41) is 7.44. The molecule has 0 radical (unpaired) electrons. The van der Waals surface area contributed by atoms with E-state index in [4.69, 9.17) is 4.52 Å². The quantitative estimate of drug-likeness (QED) is 0.911. The van der Waals surface area contributed by atoms with Gasteiger partial charge in [-0.3, -0.25) is 0 Å². The predicted octanol–water partition coefficient (Wildman–Crippen LogP) is 2.12. The van der Waals surface area contributed by atoms with E-state index in [1.807, 2.05) is 12.1 Å². The molecule has 100 valence electrons. The number of nitrogens with one attached hydrogen (secondary N) is 1. The van der Waals surface area contributed by atoms with Gasteiger partial charge in [-0.15, -0.1) is 0 Å². The second-order valence-corrected chi connectivity index (χ2v) is 5.27. The molecule has 4 nitrogen and oxygen atoms in total. The molecule has 1 atom stereocenters. The van der Waals surface area contributed by atoms with Gasteiger partial charge in [0.2, 0.25) is 5.89 Å². The van der Waals surface area contributed by atoms with E-state index >= 15 is 0 Å². The molecule has 0 aliphatic carbocycles. The largest absolute Gasteiger partial charge is 0.339 e. The lowest BCUT2D eigenvalue weighted by Crippen LogP contribution is -2.10. The van der Waals surface area contributed by atoms with Crippen LogP contribution in [0.4, 0.5) is 0 Å². The molecule has 0 saturated carbocycles. The fourth-order valence-corrected chi connectivity index (χ4v) is 2.56. The molecule has 1 fully saturated rings. The topological polar surface area (TPSA) is 51.0 Å². The third-order valence-electron chi connectivity index (χ3n) is 3.75. The number of aromatic nitrogens is 2. The van der Waals surface area contributed by atoms with Crippen LogP contribution in [0.1, 0.15) is 29.3 Å². The fraction of sp³-hybridized carbons (Fsp3) is 0.467. The van der Waals surface area contributed by atoms with Crippen LogP contribution in [0.25, 0.3) is 0 Å². The molecule has 3 rings (SSSR count). The van der Waals surface area contributed by atoms with Crippen LogP contribution in [-0.2, 0) is 12.8 Å². The van der Waals surface area contributed by atoms with Gasteiger partial charge in [-0.2, -0.15) is 4.98 Å². The summed E-state index contributed by atoms with van der Waals surface area (Å²) < 4.78 is 5.35. The monoisotopic (exact) mass is 257 g/mol. The van der Waals surface area contributed by atoms with Gasteiger partial charge in [-0.25, -0.2) is 0 Å². The first kappa shape index (κ1) is 12.4. The summed E-state index contributed by atoms with van der Waals surface area (Å²) in [7, 11) is 0. The highest BCUT2D eigenvalue weighted by atomic mass is 16.5. The number of rotatable bonds is 4. The molecular weight excluding hydrogens is 238 g/mol. The lowest BCUT2D eigenvalue weighted by atomic mass is 10.1. The van der Waals surface area contributed by atoms with E-state index in [2.05, 4.69) is 34.5 Å². The average Bonchev–Trinajstić information content (AvgIpc) is 3.05. The van der Waals surface area contributed by atoms with E-state index in [1.54, 1.807) is 0 Å². The van der Waals surface area contributed by atoms with Crippen LogP contribution in [0, 0.1) is 12.8 Å². The number of benzene rings is 1. The van der Waals surface area contributed by atoms with Crippen molar-refractivity contribution >= 4 is 0 Å². The Balaban J connectivity index is 1.66. The summed E-state index contributed by atoms with van der Waals surface area (Å²) in [5.74, 6) is 2.21. The Hall–Kier alpha value is -1.68. The van der Waals surface area contributed by atoms with E-state index < -0.39 is 0 Å². The molecule has 1 unspecified atom stereocenters. The van der Waals surface area contributed by atoms with Crippen molar-refractivity contribution in [2.75, 3.05) is 13.1 Å². The SMILES string of the molecule is Cc1ccccc1Cc1noc(CC2CCNC2)n1. The standard InChI is InChI=1S/C15H19N3O/c1-11-4-2-3-5-13(11)9-14-17-15(19-18-14)8-12-6-7-16-10-12/h2-5,12,16H,6-10H2,1H3. The van der Waals surface area contributed by atoms with Crippen molar-refractivity contribution in [1.82, 2.24) is 15.5 Å². The van der Waals surface area contributed by atoms with Gasteiger partial charge in [0.15, 0.2) is 5.82 Å². The normalized spacial score (nSPS) is 18.9. The smallest absolute Gasteiger partial charge is 0.226 e. The van der Waals surface area contributed by atoms with Crippen LogP contribution in [-0.4, -0.2) is 23.2 Å². The fourth-order valence-electron chi connectivity index (χ4n) is 2.56. The third-order valence-corrected chi connectivity index (χ3v) is 3.75. The Morgan fingerprint density at radius 1 is 1.37 bits per heavy atom. The van der Waals surface area contributed by atoms with Crippen molar-refractivity contribution in [1.29, 1.82) is 0 Å². The molecule has 0 amide bonds. The molecule has 19 heavy (non-hydrogen) atoms. The summed E-state index contributed by atoms with van der Waals surface area (Å²) in [6.07, 6.45) is 2.85. The highest BCUT2D eigenvalue weighted by Crippen LogP contribution is 2.15. The van der Waals surface area contributed by atoms with Crippen molar-refractivity contribution in [3.8, 4) is 0 Å². The summed E-state index contributed by atoms with van der Waals surface area (Å²) in [6.45, 7) is 4.28. The zero-order chi connectivity index (χ0) is 13.1. The Kier molecular flexibility index (Phi) is 3.60. The molecule has 1 aliphatic rings. The van der Waals surface area contributed by atoms with Crippen molar-refractivity contribution < 1.29 is 4.52 Å². The Bertz CT molecular complexity index is 544. The minimum atomic E-state index is 0.645. The van der Waals surface area contributed by atoms with Gasteiger partial charge in [0.05, 0.1) is 0 Å². The van der Waals surface area contributed by atoms with Gasteiger partial charge in [-0.1, -0.05) is 29.4 Å². The van der Waals surface area contributed by atoms with Crippen LogP contribution < -0.4 is 5.32 Å². The number of aryl methyl sites for hydroxylation is 1. The van der Waals surface area contributed by atoms with E-state index in [9.17, 15) is 0 Å². The molecule has 0 spiro atoms. The minimum absolute atomic E-state index is 0.645. The van der Waals surface area contributed by atoms with Gasteiger partial charge in [0, 0.05) is 12.8 Å². The highest BCUT2D eigenvalue weighted by Gasteiger charge is 2.18. The highest BCUT2D eigenvalue weighted by molar-refractivity contribution is 5.27. The lowest BCUT2D eigenvalue weighted by molar-refractivity contribution is 0.354. The van der Waals surface area contributed by atoms with Gasteiger partial charge in [0.25, 0.3) is 0 Å². The minimum Gasteiger partial charge on any atom is -0.339 e. The number of hydrogen-bond acceptors (Lipinski definition) is 4. The molecule has 2 heterocycles. The number of hydrogen-bond donors (Lipinski definition) is 1.